The van der Waals surface area contributed by atoms with Crippen LogP contribution in [0.25, 0.3) is 0 Å². The van der Waals surface area contributed by atoms with Crippen molar-refractivity contribution in [3.8, 4) is 12.0 Å². The predicted octanol–water partition coefficient (Wildman–Crippen LogP) is 0.974. The van der Waals surface area contributed by atoms with Crippen molar-refractivity contribution in [1.29, 1.82) is 0 Å². The third-order valence-electron chi connectivity index (χ3n) is 0.804. The maximum absolute atomic E-state index is 8.87. The van der Waals surface area contributed by atoms with Crippen molar-refractivity contribution in [2.75, 3.05) is 12.5 Å². The molecule has 0 aromatic carbocycles. The quantitative estimate of drug-likeness (QED) is 0.495. The zero-order valence-electron chi connectivity index (χ0n) is 5.93. The summed E-state index contributed by atoms with van der Waals surface area (Å²) in [5.41, 5.74) is 0. The highest BCUT2D eigenvalue weighted by molar-refractivity contribution is 6.18. The molecule has 0 saturated carbocycles. The Morgan fingerprint density at radius 1 is 1.70 bits per heavy atom. The van der Waals surface area contributed by atoms with Crippen LogP contribution in [0, 0.1) is 12.0 Å². The molecule has 0 fully saturated rings. The molecule has 0 radical (unpaired) electrons. The minimum atomic E-state index is -0.533. The molecule has 0 saturated heterocycles. The van der Waals surface area contributed by atoms with Gasteiger partial charge in [0, 0.05) is 12.3 Å². The summed E-state index contributed by atoms with van der Waals surface area (Å²) in [6.45, 7) is 2.43. The Balaban J connectivity index is 3.26. The van der Waals surface area contributed by atoms with Crippen molar-refractivity contribution in [1.82, 2.24) is 0 Å². The topological polar surface area (TPSA) is 29.5 Å². The van der Waals surface area contributed by atoms with Crippen LogP contribution in [-0.4, -0.2) is 23.7 Å². The molecule has 0 spiro atoms. The lowest BCUT2D eigenvalue weighted by molar-refractivity contribution is 0.203. The fourth-order valence-electron chi connectivity index (χ4n) is 0.337. The smallest absolute Gasteiger partial charge is 0.110 e. The van der Waals surface area contributed by atoms with Gasteiger partial charge >= 0.3 is 0 Å². The van der Waals surface area contributed by atoms with Crippen molar-refractivity contribution in [3.05, 3.63) is 0 Å². The lowest BCUT2D eigenvalue weighted by Gasteiger charge is -1.97. The molecule has 1 atom stereocenters. The van der Waals surface area contributed by atoms with E-state index in [1.54, 1.807) is 0 Å². The second kappa shape index (κ2) is 6.73. The molecule has 58 valence electrons. The largest absolute Gasteiger partial charge is 0.447 e. The van der Waals surface area contributed by atoms with Crippen molar-refractivity contribution in [2.45, 2.75) is 19.4 Å². The van der Waals surface area contributed by atoms with Gasteiger partial charge in [-0.2, -0.15) is 0 Å². The minimum Gasteiger partial charge on any atom is -0.447 e. The van der Waals surface area contributed by atoms with Crippen LogP contribution in [0.15, 0.2) is 0 Å². The molecule has 0 aromatic rings. The van der Waals surface area contributed by atoms with Crippen LogP contribution in [0.4, 0.5) is 0 Å². The standard InChI is InChI=1S/C7H11ClO2/c1-2-10-5-3-4-7(9)6-8/h7,9H,2,4,6H2,1H3. The van der Waals surface area contributed by atoms with Gasteiger partial charge in [0.25, 0.3) is 0 Å². The fraction of sp³-hybridized carbons (Fsp3) is 0.714. The summed E-state index contributed by atoms with van der Waals surface area (Å²) in [6.07, 6.45) is 2.28. The van der Waals surface area contributed by atoms with E-state index in [2.05, 4.69) is 12.0 Å². The maximum Gasteiger partial charge on any atom is 0.110 e. The van der Waals surface area contributed by atoms with E-state index in [0.717, 1.165) is 0 Å². The Morgan fingerprint density at radius 2 is 2.40 bits per heavy atom. The third-order valence-corrected chi connectivity index (χ3v) is 1.16. The molecule has 1 unspecified atom stereocenters. The van der Waals surface area contributed by atoms with Gasteiger partial charge < -0.3 is 9.84 Å². The number of ether oxygens (including phenoxy) is 1. The Kier molecular flexibility index (Phi) is 6.46. The Hall–Kier alpha value is -0.390. The molecule has 0 aromatic heterocycles. The van der Waals surface area contributed by atoms with Crippen LogP contribution >= 0.6 is 11.6 Å². The fourth-order valence-corrected chi connectivity index (χ4v) is 0.446. The van der Waals surface area contributed by atoms with Gasteiger partial charge in [0.1, 0.15) is 6.11 Å². The molecular weight excluding hydrogens is 152 g/mol. The van der Waals surface area contributed by atoms with Crippen molar-refractivity contribution in [2.24, 2.45) is 0 Å². The van der Waals surface area contributed by atoms with Crippen LogP contribution in [0.5, 0.6) is 0 Å². The second-order valence-electron chi connectivity index (χ2n) is 1.72. The Morgan fingerprint density at radius 3 is 2.90 bits per heavy atom. The van der Waals surface area contributed by atoms with Crippen LogP contribution in [0.2, 0.25) is 0 Å². The molecule has 0 bridgehead atoms. The van der Waals surface area contributed by atoms with E-state index in [9.17, 15) is 0 Å². The number of alkyl halides is 1. The minimum absolute atomic E-state index is 0.223. The zero-order chi connectivity index (χ0) is 7.82. The number of aliphatic hydroxyl groups excluding tert-OH is 1. The lowest BCUT2D eigenvalue weighted by atomic mass is 10.3. The number of aliphatic hydroxyl groups is 1. The molecule has 0 aliphatic rings. The van der Waals surface area contributed by atoms with Crippen molar-refractivity contribution >= 4 is 11.6 Å². The maximum atomic E-state index is 8.87. The predicted molar refractivity (Wildman–Crippen MR) is 40.7 cm³/mol. The highest BCUT2D eigenvalue weighted by Gasteiger charge is 1.96. The molecular formula is C7H11ClO2. The molecule has 2 nitrogen and oxygen atoms in total. The van der Waals surface area contributed by atoms with Crippen molar-refractivity contribution in [3.63, 3.8) is 0 Å². The first-order chi connectivity index (χ1) is 4.81. The average Bonchev–Trinajstić information content (AvgIpc) is 1.98. The van der Waals surface area contributed by atoms with E-state index in [-0.39, 0.29) is 5.88 Å². The SMILES string of the molecule is CCOC#CCC(O)CCl. The average molecular weight is 163 g/mol. The summed E-state index contributed by atoms with van der Waals surface area (Å²) in [4.78, 5) is 0. The van der Waals surface area contributed by atoms with Gasteiger partial charge in [0.15, 0.2) is 0 Å². The molecule has 0 aliphatic heterocycles. The first-order valence-corrected chi connectivity index (χ1v) is 3.68. The van der Waals surface area contributed by atoms with Gasteiger partial charge in [-0.3, -0.25) is 0 Å². The van der Waals surface area contributed by atoms with Crippen molar-refractivity contribution < 1.29 is 9.84 Å². The van der Waals surface area contributed by atoms with E-state index in [1.807, 2.05) is 6.92 Å². The van der Waals surface area contributed by atoms with Gasteiger partial charge in [0.2, 0.25) is 0 Å². The van der Waals surface area contributed by atoms with Gasteiger partial charge in [-0.25, -0.2) is 0 Å². The summed E-state index contributed by atoms with van der Waals surface area (Å²) >= 11 is 5.31. The summed E-state index contributed by atoms with van der Waals surface area (Å²) in [6, 6.07) is 0. The molecule has 0 amide bonds. The highest BCUT2D eigenvalue weighted by Crippen LogP contribution is 1.91. The number of halogens is 1. The highest BCUT2D eigenvalue weighted by atomic mass is 35.5. The summed E-state index contributed by atoms with van der Waals surface area (Å²) in [5.74, 6) is 2.85. The molecule has 1 N–H and O–H groups in total. The van der Waals surface area contributed by atoms with Crippen LogP contribution in [0.1, 0.15) is 13.3 Å². The van der Waals surface area contributed by atoms with Crippen LogP contribution in [0.3, 0.4) is 0 Å². The molecule has 0 aliphatic carbocycles. The van der Waals surface area contributed by atoms with E-state index >= 15 is 0 Å². The first-order valence-electron chi connectivity index (χ1n) is 3.15. The summed E-state index contributed by atoms with van der Waals surface area (Å²) < 4.78 is 4.71. The zero-order valence-corrected chi connectivity index (χ0v) is 6.69. The summed E-state index contributed by atoms with van der Waals surface area (Å²) in [5, 5.41) is 8.87. The van der Waals surface area contributed by atoms with E-state index < -0.39 is 6.10 Å². The molecule has 10 heavy (non-hydrogen) atoms. The van der Waals surface area contributed by atoms with E-state index in [0.29, 0.717) is 13.0 Å². The normalized spacial score (nSPS) is 11.5. The van der Waals surface area contributed by atoms with Gasteiger partial charge in [-0.1, -0.05) is 5.92 Å². The van der Waals surface area contributed by atoms with Gasteiger partial charge in [-0.05, 0) is 6.92 Å². The summed E-state index contributed by atoms with van der Waals surface area (Å²) in [7, 11) is 0. The molecule has 0 rings (SSSR count). The number of hydrogen-bond donors (Lipinski definition) is 1. The van der Waals surface area contributed by atoms with E-state index in [4.69, 9.17) is 21.4 Å². The lowest BCUT2D eigenvalue weighted by Crippen LogP contribution is -2.05. The Bertz CT molecular complexity index is 125. The number of rotatable bonds is 3. The molecule has 3 heteroatoms. The Labute approximate surface area is 66.1 Å². The van der Waals surface area contributed by atoms with Gasteiger partial charge in [-0.15, -0.1) is 11.6 Å². The van der Waals surface area contributed by atoms with Crippen LogP contribution in [-0.2, 0) is 4.74 Å². The monoisotopic (exact) mass is 162 g/mol. The molecule has 0 heterocycles. The van der Waals surface area contributed by atoms with Crippen LogP contribution < -0.4 is 0 Å². The van der Waals surface area contributed by atoms with Gasteiger partial charge in [0.05, 0.1) is 12.7 Å². The first kappa shape index (κ1) is 9.61. The number of hydrogen-bond acceptors (Lipinski definition) is 2. The van der Waals surface area contributed by atoms with E-state index in [1.165, 1.54) is 0 Å². The third kappa shape index (κ3) is 5.74. The second-order valence-corrected chi connectivity index (χ2v) is 2.03.